The molecule has 0 aliphatic carbocycles. The molecule has 0 aromatic carbocycles. The van der Waals surface area contributed by atoms with Gasteiger partial charge < -0.3 is 9.47 Å². The Morgan fingerprint density at radius 3 is 2.65 bits per heavy atom. The number of anilines is 1. The second kappa shape index (κ2) is 7.13. The fraction of sp³-hybridized carbons (Fsp3) is 0.556. The maximum absolute atomic E-state index is 4.33. The summed E-state index contributed by atoms with van der Waals surface area (Å²) >= 11 is 0. The van der Waals surface area contributed by atoms with Crippen molar-refractivity contribution in [2.45, 2.75) is 33.9 Å². The van der Waals surface area contributed by atoms with E-state index in [1.165, 1.54) is 11.4 Å². The molecule has 124 valence electrons. The van der Waals surface area contributed by atoms with Gasteiger partial charge in [-0.2, -0.15) is 0 Å². The standard InChI is InChI=1S/C18H27N5/c1-15(2)12-23-14-19-11-18(23)13-21-6-8-22(9-7-21)17-4-5-20-16(3)10-17/h4-5,10-11,14-15H,6-9,12-13H2,1-3H3. The van der Waals surface area contributed by atoms with Crippen molar-refractivity contribution in [3.8, 4) is 0 Å². The molecule has 3 rings (SSSR count). The zero-order chi connectivity index (χ0) is 16.2. The first-order chi connectivity index (χ1) is 11.1. The van der Waals surface area contributed by atoms with Gasteiger partial charge in [-0.1, -0.05) is 13.8 Å². The van der Waals surface area contributed by atoms with Crippen LogP contribution < -0.4 is 4.90 Å². The van der Waals surface area contributed by atoms with E-state index in [9.17, 15) is 0 Å². The molecule has 1 aliphatic heterocycles. The van der Waals surface area contributed by atoms with E-state index in [0.717, 1.165) is 45.0 Å². The molecule has 2 aromatic heterocycles. The molecule has 5 nitrogen and oxygen atoms in total. The second-order valence-electron chi connectivity index (χ2n) is 6.85. The Morgan fingerprint density at radius 2 is 1.96 bits per heavy atom. The Bertz CT molecular complexity index is 626. The van der Waals surface area contributed by atoms with E-state index in [1.807, 2.05) is 18.7 Å². The summed E-state index contributed by atoms with van der Waals surface area (Å²) < 4.78 is 2.29. The van der Waals surface area contributed by atoms with Crippen molar-refractivity contribution < 1.29 is 0 Å². The van der Waals surface area contributed by atoms with Gasteiger partial charge in [0.1, 0.15) is 0 Å². The van der Waals surface area contributed by atoms with Gasteiger partial charge in [0, 0.05) is 63.0 Å². The molecule has 0 N–H and O–H groups in total. The minimum Gasteiger partial charge on any atom is -0.369 e. The number of imidazole rings is 1. The molecule has 1 saturated heterocycles. The number of nitrogens with zero attached hydrogens (tertiary/aromatic N) is 5. The Labute approximate surface area is 139 Å². The van der Waals surface area contributed by atoms with E-state index in [2.05, 4.69) is 57.2 Å². The summed E-state index contributed by atoms with van der Waals surface area (Å²) in [5, 5.41) is 0. The van der Waals surface area contributed by atoms with Gasteiger partial charge in [0.25, 0.3) is 0 Å². The molecule has 5 heteroatoms. The number of hydrogen-bond acceptors (Lipinski definition) is 4. The Kier molecular flexibility index (Phi) is 4.96. The quantitative estimate of drug-likeness (QED) is 0.850. The number of piperazine rings is 1. The lowest BCUT2D eigenvalue weighted by Crippen LogP contribution is -2.46. The van der Waals surface area contributed by atoms with E-state index < -0.39 is 0 Å². The van der Waals surface area contributed by atoms with Crippen molar-refractivity contribution in [3.05, 3.63) is 42.2 Å². The summed E-state index contributed by atoms with van der Waals surface area (Å²) in [7, 11) is 0. The van der Waals surface area contributed by atoms with Gasteiger partial charge in [-0.15, -0.1) is 0 Å². The molecule has 23 heavy (non-hydrogen) atoms. The van der Waals surface area contributed by atoms with Crippen LogP contribution in [-0.2, 0) is 13.1 Å². The van der Waals surface area contributed by atoms with Crippen molar-refractivity contribution in [2.75, 3.05) is 31.1 Å². The summed E-state index contributed by atoms with van der Waals surface area (Å²) in [4.78, 5) is 13.6. The summed E-state index contributed by atoms with van der Waals surface area (Å²) in [6.07, 6.45) is 5.88. The van der Waals surface area contributed by atoms with E-state index in [4.69, 9.17) is 0 Å². The van der Waals surface area contributed by atoms with Crippen LogP contribution >= 0.6 is 0 Å². The van der Waals surface area contributed by atoms with Crippen molar-refractivity contribution in [2.24, 2.45) is 5.92 Å². The molecular formula is C18H27N5. The van der Waals surface area contributed by atoms with E-state index in [0.29, 0.717) is 5.92 Å². The third-order valence-corrected chi connectivity index (χ3v) is 4.36. The van der Waals surface area contributed by atoms with Crippen molar-refractivity contribution in [1.29, 1.82) is 0 Å². The summed E-state index contributed by atoms with van der Waals surface area (Å²) in [5.41, 5.74) is 3.71. The monoisotopic (exact) mass is 313 g/mol. The fourth-order valence-corrected chi connectivity index (χ4v) is 3.16. The van der Waals surface area contributed by atoms with Gasteiger partial charge in [0.05, 0.1) is 12.0 Å². The largest absolute Gasteiger partial charge is 0.369 e. The first-order valence-corrected chi connectivity index (χ1v) is 8.51. The average Bonchev–Trinajstić information content (AvgIpc) is 2.94. The molecule has 0 radical (unpaired) electrons. The second-order valence-corrected chi connectivity index (χ2v) is 6.85. The van der Waals surface area contributed by atoms with Crippen LogP contribution in [0.3, 0.4) is 0 Å². The van der Waals surface area contributed by atoms with Crippen LogP contribution in [0.2, 0.25) is 0 Å². The molecule has 0 saturated carbocycles. The Morgan fingerprint density at radius 1 is 1.17 bits per heavy atom. The fourth-order valence-electron chi connectivity index (χ4n) is 3.16. The van der Waals surface area contributed by atoms with Crippen LogP contribution in [0.4, 0.5) is 5.69 Å². The highest BCUT2D eigenvalue weighted by molar-refractivity contribution is 5.46. The SMILES string of the molecule is Cc1cc(N2CCN(Cc3cncn3CC(C)C)CC2)ccn1. The lowest BCUT2D eigenvalue weighted by molar-refractivity contribution is 0.242. The average molecular weight is 313 g/mol. The maximum atomic E-state index is 4.33. The Hall–Kier alpha value is -1.88. The minimum absolute atomic E-state index is 0.648. The van der Waals surface area contributed by atoms with Gasteiger partial charge >= 0.3 is 0 Å². The molecule has 0 amide bonds. The molecule has 0 unspecified atom stereocenters. The molecule has 1 fully saturated rings. The predicted octanol–water partition coefficient (Wildman–Crippen LogP) is 2.56. The lowest BCUT2D eigenvalue weighted by Gasteiger charge is -2.36. The topological polar surface area (TPSA) is 37.2 Å². The highest BCUT2D eigenvalue weighted by atomic mass is 15.3. The van der Waals surface area contributed by atoms with E-state index in [-0.39, 0.29) is 0 Å². The summed E-state index contributed by atoms with van der Waals surface area (Å²) in [5.74, 6) is 0.648. The van der Waals surface area contributed by atoms with E-state index in [1.54, 1.807) is 0 Å². The molecule has 0 bridgehead atoms. The smallest absolute Gasteiger partial charge is 0.0948 e. The first-order valence-electron chi connectivity index (χ1n) is 8.51. The number of rotatable bonds is 5. The van der Waals surface area contributed by atoms with Crippen molar-refractivity contribution in [1.82, 2.24) is 19.4 Å². The van der Waals surface area contributed by atoms with Gasteiger partial charge in [-0.25, -0.2) is 4.98 Å². The third-order valence-electron chi connectivity index (χ3n) is 4.36. The Balaban J connectivity index is 1.56. The number of aryl methyl sites for hydroxylation is 1. The minimum atomic E-state index is 0.648. The van der Waals surface area contributed by atoms with Crippen molar-refractivity contribution >= 4 is 5.69 Å². The van der Waals surface area contributed by atoms with Crippen LogP contribution in [-0.4, -0.2) is 45.6 Å². The first kappa shape index (κ1) is 16.0. The molecule has 0 atom stereocenters. The van der Waals surface area contributed by atoms with Crippen LogP contribution in [0.5, 0.6) is 0 Å². The molecular weight excluding hydrogens is 286 g/mol. The number of hydrogen-bond donors (Lipinski definition) is 0. The zero-order valence-electron chi connectivity index (χ0n) is 14.4. The normalized spacial score (nSPS) is 16.3. The van der Waals surface area contributed by atoms with Crippen LogP contribution in [0.15, 0.2) is 30.9 Å². The van der Waals surface area contributed by atoms with Gasteiger partial charge in [-0.05, 0) is 25.0 Å². The third kappa shape index (κ3) is 4.10. The molecule has 3 heterocycles. The van der Waals surface area contributed by atoms with E-state index >= 15 is 0 Å². The predicted molar refractivity (Wildman–Crippen MR) is 93.5 cm³/mol. The summed E-state index contributed by atoms with van der Waals surface area (Å²) in [6, 6.07) is 4.29. The van der Waals surface area contributed by atoms with Crippen LogP contribution in [0.25, 0.3) is 0 Å². The molecule has 1 aliphatic rings. The number of pyridine rings is 1. The van der Waals surface area contributed by atoms with Gasteiger partial charge in [0.15, 0.2) is 0 Å². The van der Waals surface area contributed by atoms with Crippen LogP contribution in [0.1, 0.15) is 25.2 Å². The van der Waals surface area contributed by atoms with Crippen molar-refractivity contribution in [3.63, 3.8) is 0 Å². The highest BCUT2D eigenvalue weighted by Gasteiger charge is 2.18. The van der Waals surface area contributed by atoms with Gasteiger partial charge in [-0.3, -0.25) is 9.88 Å². The highest BCUT2D eigenvalue weighted by Crippen LogP contribution is 2.17. The summed E-state index contributed by atoms with van der Waals surface area (Å²) in [6.45, 7) is 12.9. The van der Waals surface area contributed by atoms with Crippen LogP contribution in [0, 0.1) is 12.8 Å². The van der Waals surface area contributed by atoms with Gasteiger partial charge in [0.2, 0.25) is 0 Å². The lowest BCUT2D eigenvalue weighted by atomic mass is 10.2. The maximum Gasteiger partial charge on any atom is 0.0948 e. The molecule has 0 spiro atoms. The zero-order valence-corrected chi connectivity index (χ0v) is 14.4. The molecule has 2 aromatic rings. The number of aromatic nitrogens is 3.